The zero-order valence-electron chi connectivity index (χ0n) is 20.9. The number of benzene rings is 1. The number of hydrogen-bond donors (Lipinski definition) is 1. The van der Waals surface area contributed by atoms with E-state index in [1.807, 2.05) is 30.7 Å². The molecule has 34 heavy (non-hydrogen) atoms. The van der Waals surface area contributed by atoms with Gasteiger partial charge in [-0.25, -0.2) is 9.37 Å². The summed E-state index contributed by atoms with van der Waals surface area (Å²) in [4.78, 5) is 12.6. The number of rotatable bonds is 8. The van der Waals surface area contributed by atoms with Crippen LogP contribution < -0.4 is 0 Å². The second-order valence-corrected chi connectivity index (χ2v) is 9.69. The van der Waals surface area contributed by atoms with Gasteiger partial charge in [-0.05, 0) is 93.7 Å². The summed E-state index contributed by atoms with van der Waals surface area (Å²) in [6.07, 6.45) is 11.4. The van der Waals surface area contributed by atoms with E-state index in [1.54, 1.807) is 12.1 Å². The van der Waals surface area contributed by atoms with Gasteiger partial charge in [-0.15, -0.1) is 0 Å². The molecule has 1 aliphatic carbocycles. The Balaban J connectivity index is 1.93. The van der Waals surface area contributed by atoms with Gasteiger partial charge in [0.05, 0.1) is 5.70 Å². The van der Waals surface area contributed by atoms with Gasteiger partial charge in [0, 0.05) is 35.4 Å². The topological polar surface area (TPSA) is 35.2 Å². The van der Waals surface area contributed by atoms with Gasteiger partial charge in [0.15, 0.2) is 0 Å². The first-order valence-electron chi connectivity index (χ1n) is 12.4. The summed E-state index contributed by atoms with van der Waals surface area (Å²) in [5, 5.41) is 1.09. The van der Waals surface area contributed by atoms with E-state index in [0.29, 0.717) is 12.1 Å². The summed E-state index contributed by atoms with van der Waals surface area (Å²) >= 11 is 0. The number of H-pyrrole nitrogens is 1. The lowest BCUT2D eigenvalue weighted by atomic mass is 9.84. The number of hydrogen-bond acceptors (Lipinski definition) is 3. The molecule has 2 aromatic heterocycles. The Morgan fingerprint density at radius 3 is 2.41 bits per heavy atom. The molecule has 3 aromatic rings. The van der Waals surface area contributed by atoms with E-state index in [-0.39, 0.29) is 11.7 Å². The Kier molecular flexibility index (Phi) is 7.52. The van der Waals surface area contributed by atoms with Crippen molar-refractivity contribution in [3.05, 3.63) is 78.5 Å². The minimum absolute atomic E-state index is 0.215. The maximum absolute atomic E-state index is 13.9. The fourth-order valence-electron chi connectivity index (χ4n) is 5.35. The number of pyridine rings is 1. The lowest BCUT2D eigenvalue weighted by Crippen LogP contribution is -2.39. The van der Waals surface area contributed by atoms with E-state index in [9.17, 15) is 4.39 Å². The molecule has 1 unspecified atom stereocenters. The lowest BCUT2D eigenvalue weighted by molar-refractivity contribution is 0.179. The molecule has 1 aliphatic rings. The average molecular weight is 461 g/mol. The highest BCUT2D eigenvalue weighted by atomic mass is 19.1. The molecule has 0 radical (unpaired) electrons. The predicted octanol–water partition coefficient (Wildman–Crippen LogP) is 6.93. The maximum atomic E-state index is 13.9. The van der Waals surface area contributed by atoms with Crippen molar-refractivity contribution < 1.29 is 4.39 Å². The molecule has 2 heterocycles. The number of allylic oxidation sites excluding steroid dienone is 1. The highest BCUT2D eigenvalue weighted by molar-refractivity contribution is 5.99. The summed E-state index contributed by atoms with van der Waals surface area (Å²) in [5.41, 5.74) is 5.46. The van der Waals surface area contributed by atoms with Crippen LogP contribution in [0.2, 0.25) is 0 Å². The van der Waals surface area contributed by atoms with Gasteiger partial charge in [-0.2, -0.15) is 0 Å². The van der Waals surface area contributed by atoms with Crippen LogP contribution in [0.25, 0.3) is 22.3 Å². The van der Waals surface area contributed by atoms with Crippen LogP contribution in [-0.4, -0.2) is 45.9 Å². The Labute approximate surface area is 203 Å². The first-order valence-corrected chi connectivity index (χ1v) is 12.4. The highest BCUT2D eigenvalue weighted by Crippen LogP contribution is 2.41. The monoisotopic (exact) mass is 460 g/mol. The smallest absolute Gasteiger partial charge is 0.137 e. The van der Waals surface area contributed by atoms with Gasteiger partial charge in [-0.1, -0.05) is 32.6 Å². The van der Waals surface area contributed by atoms with Crippen LogP contribution in [0, 0.1) is 11.7 Å². The van der Waals surface area contributed by atoms with Gasteiger partial charge in [0.2, 0.25) is 0 Å². The molecule has 0 aliphatic heterocycles. The van der Waals surface area contributed by atoms with Crippen molar-refractivity contribution in [1.29, 1.82) is 0 Å². The minimum atomic E-state index is -0.215. The zero-order valence-corrected chi connectivity index (χ0v) is 20.9. The predicted molar refractivity (Wildman–Crippen MR) is 141 cm³/mol. The van der Waals surface area contributed by atoms with Crippen LogP contribution in [0.3, 0.4) is 0 Å². The molecule has 1 atom stereocenters. The first-order chi connectivity index (χ1) is 16.4. The van der Waals surface area contributed by atoms with Crippen molar-refractivity contribution >= 4 is 22.3 Å². The summed E-state index contributed by atoms with van der Waals surface area (Å²) < 4.78 is 13.9. The molecule has 0 amide bonds. The van der Waals surface area contributed by atoms with E-state index in [1.165, 1.54) is 18.4 Å². The molecule has 0 bridgehead atoms. The van der Waals surface area contributed by atoms with Gasteiger partial charge < -0.3 is 14.8 Å². The summed E-state index contributed by atoms with van der Waals surface area (Å²) in [5.74, 6) is 0.0662. The largest absolute Gasteiger partial charge is 0.346 e. The minimum Gasteiger partial charge on any atom is -0.346 e. The Bertz CT molecular complexity index is 1140. The van der Waals surface area contributed by atoms with Crippen molar-refractivity contribution in [2.24, 2.45) is 5.92 Å². The standard InChI is InChI=1S/C29H37FN4/c1-6-20(3)27(21-8-10-22(30)11-9-21)28(25-16-18-31-29-26(25)17-19-32-29)34(7-2)24-14-12-23(13-15-24)33(4)5/h7-11,16-20,23-24H,2,6,12-15H2,1,3-5H3,(H,31,32)/b28-27+/t20?,23-,24+. The molecule has 1 N–H and O–H groups in total. The first kappa shape index (κ1) is 24.2. The number of nitrogens with one attached hydrogen (secondary N) is 1. The fourth-order valence-corrected chi connectivity index (χ4v) is 5.35. The Morgan fingerprint density at radius 1 is 1.12 bits per heavy atom. The third kappa shape index (κ3) is 4.80. The molecular weight excluding hydrogens is 423 g/mol. The summed E-state index contributed by atoms with van der Waals surface area (Å²) in [7, 11) is 4.35. The fraction of sp³-hybridized carbons (Fsp3) is 0.414. The second-order valence-electron chi connectivity index (χ2n) is 9.69. The number of aromatic nitrogens is 2. The quantitative estimate of drug-likeness (QED) is 0.396. The Hall–Kier alpha value is -2.92. The average Bonchev–Trinajstić information content (AvgIpc) is 3.34. The van der Waals surface area contributed by atoms with E-state index >= 15 is 0 Å². The van der Waals surface area contributed by atoms with Crippen molar-refractivity contribution in [2.75, 3.05) is 14.1 Å². The molecule has 1 aromatic carbocycles. The number of halogens is 1. The van der Waals surface area contributed by atoms with E-state index in [4.69, 9.17) is 0 Å². The Morgan fingerprint density at radius 2 is 1.79 bits per heavy atom. The third-order valence-electron chi connectivity index (χ3n) is 7.48. The summed E-state index contributed by atoms with van der Waals surface area (Å²) in [6.45, 7) is 8.75. The molecule has 180 valence electrons. The number of fused-ring (bicyclic) bond motifs is 1. The zero-order chi connectivity index (χ0) is 24.2. The van der Waals surface area contributed by atoms with Crippen LogP contribution in [0.1, 0.15) is 57.1 Å². The molecule has 4 rings (SSSR count). The third-order valence-corrected chi connectivity index (χ3v) is 7.48. The van der Waals surface area contributed by atoms with Crippen LogP contribution >= 0.6 is 0 Å². The molecule has 1 fully saturated rings. The van der Waals surface area contributed by atoms with Crippen molar-refractivity contribution in [3.63, 3.8) is 0 Å². The normalized spacial score (nSPS) is 20.3. The molecule has 5 heteroatoms. The summed E-state index contributed by atoms with van der Waals surface area (Å²) in [6, 6.07) is 12.2. The van der Waals surface area contributed by atoms with Crippen LogP contribution in [0.15, 0.2) is 61.6 Å². The van der Waals surface area contributed by atoms with E-state index < -0.39 is 0 Å². The molecule has 1 saturated carbocycles. The molecule has 0 saturated heterocycles. The number of nitrogens with zero attached hydrogens (tertiary/aromatic N) is 3. The maximum Gasteiger partial charge on any atom is 0.137 e. The lowest BCUT2D eigenvalue weighted by Gasteiger charge is -2.41. The number of aromatic amines is 1. The van der Waals surface area contributed by atoms with E-state index in [2.05, 4.69) is 66.4 Å². The highest BCUT2D eigenvalue weighted by Gasteiger charge is 2.30. The molecule has 0 spiro atoms. The van der Waals surface area contributed by atoms with Gasteiger partial charge >= 0.3 is 0 Å². The second kappa shape index (κ2) is 10.6. The van der Waals surface area contributed by atoms with Crippen LogP contribution in [-0.2, 0) is 0 Å². The molecular formula is C29H37FN4. The van der Waals surface area contributed by atoms with Crippen LogP contribution in [0.4, 0.5) is 4.39 Å². The van der Waals surface area contributed by atoms with Crippen molar-refractivity contribution in [3.8, 4) is 0 Å². The van der Waals surface area contributed by atoms with Crippen molar-refractivity contribution in [2.45, 2.75) is 58.0 Å². The van der Waals surface area contributed by atoms with Gasteiger partial charge in [-0.3, -0.25) is 0 Å². The van der Waals surface area contributed by atoms with Crippen LogP contribution in [0.5, 0.6) is 0 Å². The SMILES string of the molecule is C=CN(/C(=C(/c1ccc(F)cc1)C(C)CC)c1ccnc2[nH]ccc12)[C@H]1CC[C@@H](N(C)C)CC1. The molecule has 4 nitrogen and oxygen atoms in total. The van der Waals surface area contributed by atoms with E-state index in [0.717, 1.165) is 47.1 Å². The van der Waals surface area contributed by atoms with Crippen molar-refractivity contribution in [1.82, 2.24) is 19.8 Å². The van der Waals surface area contributed by atoms with Gasteiger partial charge in [0.25, 0.3) is 0 Å². The van der Waals surface area contributed by atoms with Gasteiger partial charge in [0.1, 0.15) is 11.5 Å².